The Bertz CT molecular complexity index is 505. The Balaban J connectivity index is 2.14. The minimum absolute atomic E-state index is 0.303. The zero-order valence-electron chi connectivity index (χ0n) is 8.67. The fourth-order valence-electron chi connectivity index (χ4n) is 1.35. The Morgan fingerprint density at radius 2 is 2.00 bits per heavy atom. The van der Waals surface area contributed by atoms with E-state index in [4.69, 9.17) is 5.11 Å². The van der Waals surface area contributed by atoms with E-state index >= 15 is 0 Å². The number of aryl methyl sites for hydroxylation is 1. The normalized spacial score (nSPS) is 10.3. The molecule has 1 N–H and O–H groups in total. The van der Waals surface area contributed by atoms with E-state index < -0.39 is 5.97 Å². The summed E-state index contributed by atoms with van der Waals surface area (Å²) in [6.07, 6.45) is 0.700. The lowest BCUT2D eigenvalue weighted by Crippen LogP contribution is -1.96. The number of hydrogen-bond donors (Lipinski definition) is 1. The Kier molecular flexibility index (Phi) is 2.96. The van der Waals surface area contributed by atoms with Crippen molar-refractivity contribution in [2.75, 3.05) is 0 Å². The molecule has 1 heterocycles. The van der Waals surface area contributed by atoms with Crippen LogP contribution in [0.4, 0.5) is 0 Å². The highest BCUT2D eigenvalue weighted by Gasteiger charge is 2.04. The first kappa shape index (κ1) is 10.8. The Hall–Kier alpha value is -1.75. The first-order valence-electron chi connectivity index (χ1n) is 4.76. The number of rotatable bonds is 3. The van der Waals surface area contributed by atoms with Gasteiger partial charge in [0.1, 0.15) is 10.0 Å². The van der Waals surface area contributed by atoms with Gasteiger partial charge < -0.3 is 5.11 Å². The van der Waals surface area contributed by atoms with E-state index in [0.29, 0.717) is 12.0 Å². The number of benzene rings is 1. The highest BCUT2D eigenvalue weighted by atomic mass is 32.1. The first-order valence-corrected chi connectivity index (χ1v) is 5.58. The number of nitrogens with zero attached hydrogens (tertiary/aromatic N) is 2. The van der Waals surface area contributed by atoms with Crippen LogP contribution in [0.15, 0.2) is 24.3 Å². The molecule has 0 fully saturated rings. The molecule has 4 nitrogen and oxygen atoms in total. The summed E-state index contributed by atoms with van der Waals surface area (Å²) in [5.41, 5.74) is 1.35. The minimum atomic E-state index is -0.904. The summed E-state index contributed by atoms with van der Waals surface area (Å²) in [5, 5.41) is 18.6. The van der Waals surface area contributed by atoms with Gasteiger partial charge in [0.15, 0.2) is 0 Å². The van der Waals surface area contributed by atoms with Crippen molar-refractivity contribution in [3.63, 3.8) is 0 Å². The standard InChI is InChI=1S/C11H10N2O2S/c1-7-12-13-10(16-7)6-8-2-4-9(5-3-8)11(14)15/h2-5H,6H2,1H3,(H,14,15). The van der Waals surface area contributed by atoms with Crippen molar-refractivity contribution in [1.29, 1.82) is 0 Å². The van der Waals surface area contributed by atoms with Gasteiger partial charge in [-0.05, 0) is 24.6 Å². The van der Waals surface area contributed by atoms with Crippen LogP contribution in [0.3, 0.4) is 0 Å². The summed E-state index contributed by atoms with van der Waals surface area (Å²) in [5.74, 6) is -0.904. The molecule has 0 spiro atoms. The summed E-state index contributed by atoms with van der Waals surface area (Å²) in [7, 11) is 0. The molecule has 1 aromatic heterocycles. The SMILES string of the molecule is Cc1nnc(Cc2ccc(C(=O)O)cc2)s1. The van der Waals surface area contributed by atoms with Crippen LogP contribution in [0, 0.1) is 6.92 Å². The molecule has 0 saturated carbocycles. The maximum Gasteiger partial charge on any atom is 0.335 e. The highest BCUT2D eigenvalue weighted by Crippen LogP contribution is 2.14. The van der Waals surface area contributed by atoms with E-state index in [1.54, 1.807) is 35.6 Å². The van der Waals surface area contributed by atoms with E-state index in [9.17, 15) is 4.79 Å². The van der Waals surface area contributed by atoms with Crippen molar-refractivity contribution in [2.24, 2.45) is 0 Å². The van der Waals surface area contributed by atoms with Crippen molar-refractivity contribution >= 4 is 17.3 Å². The molecule has 0 atom stereocenters. The average molecular weight is 234 g/mol. The molecule has 0 radical (unpaired) electrons. The fraction of sp³-hybridized carbons (Fsp3) is 0.182. The van der Waals surface area contributed by atoms with Crippen molar-refractivity contribution < 1.29 is 9.90 Å². The first-order chi connectivity index (χ1) is 7.65. The number of hydrogen-bond acceptors (Lipinski definition) is 4. The topological polar surface area (TPSA) is 63.1 Å². The number of carboxylic acid groups (broad SMARTS) is 1. The summed E-state index contributed by atoms with van der Waals surface area (Å²) in [6, 6.07) is 6.82. The maximum atomic E-state index is 10.7. The van der Waals surface area contributed by atoms with Crippen LogP contribution < -0.4 is 0 Å². The lowest BCUT2D eigenvalue weighted by atomic mass is 10.1. The second-order valence-electron chi connectivity index (χ2n) is 3.39. The molecule has 0 amide bonds. The monoisotopic (exact) mass is 234 g/mol. The van der Waals surface area contributed by atoms with Crippen LogP contribution >= 0.6 is 11.3 Å². The van der Waals surface area contributed by atoms with Gasteiger partial charge in [0.25, 0.3) is 0 Å². The quantitative estimate of drug-likeness (QED) is 0.883. The van der Waals surface area contributed by atoms with Gasteiger partial charge in [-0.2, -0.15) is 0 Å². The van der Waals surface area contributed by atoms with E-state index in [1.165, 1.54) is 0 Å². The third-order valence-corrected chi connectivity index (χ3v) is 2.96. The van der Waals surface area contributed by atoms with Gasteiger partial charge in [-0.15, -0.1) is 21.5 Å². The maximum absolute atomic E-state index is 10.7. The minimum Gasteiger partial charge on any atom is -0.478 e. The third-order valence-electron chi connectivity index (χ3n) is 2.12. The fourth-order valence-corrected chi connectivity index (χ4v) is 2.09. The second-order valence-corrected chi connectivity index (χ2v) is 4.66. The molecule has 0 saturated heterocycles. The largest absolute Gasteiger partial charge is 0.478 e. The molecule has 1 aromatic carbocycles. The van der Waals surface area contributed by atoms with Gasteiger partial charge in [-0.3, -0.25) is 0 Å². The molecule has 0 aliphatic heterocycles. The van der Waals surface area contributed by atoms with E-state index in [1.807, 2.05) is 6.92 Å². The predicted octanol–water partition coefficient (Wildman–Crippen LogP) is 2.14. The van der Waals surface area contributed by atoms with E-state index in [-0.39, 0.29) is 0 Å². The van der Waals surface area contributed by atoms with Gasteiger partial charge in [-0.25, -0.2) is 4.79 Å². The molecular formula is C11H10N2O2S. The zero-order valence-corrected chi connectivity index (χ0v) is 9.49. The highest BCUT2D eigenvalue weighted by molar-refractivity contribution is 7.11. The molecule has 2 rings (SSSR count). The number of aromatic nitrogens is 2. The smallest absolute Gasteiger partial charge is 0.335 e. The Morgan fingerprint density at radius 1 is 1.31 bits per heavy atom. The summed E-state index contributed by atoms with van der Waals surface area (Å²) in [4.78, 5) is 10.7. The lowest BCUT2D eigenvalue weighted by Gasteiger charge is -1.98. The lowest BCUT2D eigenvalue weighted by molar-refractivity contribution is 0.0697. The number of aromatic carboxylic acids is 1. The van der Waals surface area contributed by atoms with Gasteiger partial charge in [-0.1, -0.05) is 12.1 Å². The van der Waals surface area contributed by atoms with Crippen molar-refractivity contribution in [3.05, 3.63) is 45.4 Å². The van der Waals surface area contributed by atoms with Gasteiger partial charge in [0.05, 0.1) is 5.56 Å². The van der Waals surface area contributed by atoms with Crippen LogP contribution in [0.25, 0.3) is 0 Å². The predicted molar refractivity (Wildman–Crippen MR) is 60.9 cm³/mol. The van der Waals surface area contributed by atoms with Crippen LogP contribution in [0.1, 0.15) is 25.9 Å². The van der Waals surface area contributed by atoms with Crippen LogP contribution in [-0.2, 0) is 6.42 Å². The number of carboxylic acids is 1. The molecule has 0 unspecified atom stereocenters. The molecule has 0 aliphatic carbocycles. The van der Waals surface area contributed by atoms with Gasteiger partial charge in [0, 0.05) is 6.42 Å². The molecular weight excluding hydrogens is 224 g/mol. The third kappa shape index (κ3) is 2.43. The zero-order chi connectivity index (χ0) is 11.5. The molecule has 16 heavy (non-hydrogen) atoms. The summed E-state index contributed by atoms with van der Waals surface area (Å²) in [6.45, 7) is 1.91. The van der Waals surface area contributed by atoms with Gasteiger partial charge >= 0.3 is 5.97 Å². The molecule has 82 valence electrons. The van der Waals surface area contributed by atoms with Gasteiger partial charge in [0.2, 0.25) is 0 Å². The molecule has 0 aliphatic rings. The summed E-state index contributed by atoms with van der Waals surface area (Å²) < 4.78 is 0. The molecule has 5 heteroatoms. The average Bonchev–Trinajstić information content (AvgIpc) is 2.65. The molecule has 0 bridgehead atoms. The van der Waals surface area contributed by atoms with E-state index in [0.717, 1.165) is 15.6 Å². The van der Waals surface area contributed by atoms with Crippen molar-refractivity contribution in [3.8, 4) is 0 Å². The van der Waals surface area contributed by atoms with Crippen molar-refractivity contribution in [2.45, 2.75) is 13.3 Å². The Labute approximate surface area is 96.6 Å². The van der Waals surface area contributed by atoms with E-state index in [2.05, 4.69) is 10.2 Å². The second kappa shape index (κ2) is 4.40. The number of carbonyl (C=O) groups is 1. The van der Waals surface area contributed by atoms with Crippen LogP contribution in [-0.4, -0.2) is 21.3 Å². The van der Waals surface area contributed by atoms with Crippen LogP contribution in [0.5, 0.6) is 0 Å². The summed E-state index contributed by atoms with van der Waals surface area (Å²) >= 11 is 1.55. The van der Waals surface area contributed by atoms with Crippen molar-refractivity contribution in [1.82, 2.24) is 10.2 Å². The Morgan fingerprint density at radius 3 is 2.50 bits per heavy atom. The molecule has 2 aromatic rings. The van der Waals surface area contributed by atoms with Crippen LogP contribution in [0.2, 0.25) is 0 Å².